The van der Waals surface area contributed by atoms with Gasteiger partial charge in [-0.05, 0) is 129 Å². The van der Waals surface area contributed by atoms with Crippen LogP contribution in [0.1, 0.15) is 96.4 Å². The average Bonchev–Trinajstić information content (AvgIpc) is 3.47. The van der Waals surface area contributed by atoms with E-state index >= 15 is 0 Å². The van der Waals surface area contributed by atoms with Crippen molar-refractivity contribution < 1.29 is 14.6 Å². The van der Waals surface area contributed by atoms with Gasteiger partial charge in [0.05, 0.1) is 34.4 Å². The van der Waals surface area contributed by atoms with Crippen LogP contribution in [0.2, 0.25) is 0 Å². The summed E-state index contributed by atoms with van der Waals surface area (Å²) in [6.07, 6.45) is 14.8. The molecule has 1 N–H and O–H groups in total. The maximum absolute atomic E-state index is 10.9. The minimum absolute atomic E-state index is 0.129. The van der Waals surface area contributed by atoms with Crippen LogP contribution in [-0.2, 0) is 16.0 Å². The van der Waals surface area contributed by atoms with Crippen molar-refractivity contribution in [3.8, 4) is 0 Å². The summed E-state index contributed by atoms with van der Waals surface area (Å²) in [4.78, 5) is 15.8. The number of aryl methyl sites for hydroxylation is 1. The lowest BCUT2D eigenvalue weighted by Gasteiger charge is -2.61. The highest BCUT2D eigenvalue weighted by atomic mass is 32.1. The van der Waals surface area contributed by atoms with E-state index in [-0.39, 0.29) is 12.5 Å². The third-order valence-electron chi connectivity index (χ3n) is 12.2. The average molecular weight is 538 g/mol. The van der Waals surface area contributed by atoms with Crippen LogP contribution in [0.15, 0.2) is 24.3 Å². The zero-order valence-electron chi connectivity index (χ0n) is 23.7. The number of fused-ring (bicyclic) bond motifs is 6. The van der Waals surface area contributed by atoms with Crippen molar-refractivity contribution >= 4 is 27.5 Å². The SMILES string of the molecule is C[C@H](CCc1nc2ccccc2s1)[C@@H]1CC[C@H]2[C@H]3CC[C@@H]4C[C@@H](OCCC(=O)O)CC[C@]4(C)[C@@H]3CC[C@@]21C. The van der Waals surface area contributed by atoms with Gasteiger partial charge in [0.2, 0.25) is 0 Å². The smallest absolute Gasteiger partial charge is 0.305 e. The topological polar surface area (TPSA) is 59.4 Å². The Labute approximate surface area is 233 Å². The Morgan fingerprint density at radius 1 is 1.08 bits per heavy atom. The van der Waals surface area contributed by atoms with Crippen molar-refractivity contribution in [2.45, 2.75) is 104 Å². The minimum atomic E-state index is -0.752. The number of para-hydroxylation sites is 1. The molecule has 208 valence electrons. The highest BCUT2D eigenvalue weighted by molar-refractivity contribution is 7.18. The summed E-state index contributed by atoms with van der Waals surface area (Å²) >= 11 is 1.89. The Bertz CT molecular complexity index is 1110. The molecule has 0 bridgehead atoms. The fourth-order valence-corrected chi connectivity index (χ4v) is 11.2. The molecule has 1 aromatic carbocycles. The summed E-state index contributed by atoms with van der Waals surface area (Å²) < 4.78 is 7.36. The molecule has 38 heavy (non-hydrogen) atoms. The van der Waals surface area contributed by atoms with Crippen molar-refractivity contribution in [1.29, 1.82) is 0 Å². The van der Waals surface area contributed by atoms with Gasteiger partial charge in [-0.15, -0.1) is 11.3 Å². The van der Waals surface area contributed by atoms with Crippen LogP contribution in [0.25, 0.3) is 10.2 Å². The number of aromatic nitrogens is 1. The molecule has 4 fully saturated rings. The van der Waals surface area contributed by atoms with Gasteiger partial charge in [0.1, 0.15) is 0 Å². The molecule has 4 saturated carbocycles. The van der Waals surface area contributed by atoms with E-state index in [1.165, 1.54) is 61.1 Å². The molecule has 2 aromatic rings. The van der Waals surface area contributed by atoms with Gasteiger partial charge in [0.15, 0.2) is 0 Å². The standard InChI is InChI=1S/C33H47NO3S/c1-21(8-13-30-34-28-6-4-5-7-29(28)38-30)25-11-12-26-24-10-9-22-20-23(37-19-16-31(35)36)14-17-32(22,2)27(24)15-18-33(25,26)3/h4-7,21-27H,8-20H2,1-3H3,(H,35,36)/t21-,22-,23+,24-,25+,26+,27-,32+,33-/m1/s1. The van der Waals surface area contributed by atoms with E-state index in [9.17, 15) is 4.79 Å². The number of hydrogen-bond donors (Lipinski definition) is 1. The second kappa shape index (κ2) is 10.5. The Balaban J connectivity index is 1.09. The monoisotopic (exact) mass is 537 g/mol. The summed E-state index contributed by atoms with van der Waals surface area (Å²) in [5, 5.41) is 10.3. The van der Waals surface area contributed by atoms with Gasteiger partial charge in [0.25, 0.3) is 0 Å². The first kappa shape index (κ1) is 26.7. The number of aliphatic carboxylic acids is 1. The molecule has 0 saturated heterocycles. The van der Waals surface area contributed by atoms with E-state index in [0.717, 1.165) is 60.3 Å². The zero-order chi connectivity index (χ0) is 26.5. The molecule has 0 unspecified atom stereocenters. The molecule has 0 amide bonds. The highest BCUT2D eigenvalue weighted by Gasteiger charge is 2.60. The van der Waals surface area contributed by atoms with Gasteiger partial charge >= 0.3 is 5.97 Å². The van der Waals surface area contributed by atoms with E-state index < -0.39 is 5.97 Å². The molecule has 6 rings (SSSR count). The molecular weight excluding hydrogens is 490 g/mol. The van der Waals surface area contributed by atoms with Crippen molar-refractivity contribution in [3.05, 3.63) is 29.3 Å². The molecular formula is C33H47NO3S. The fraction of sp³-hybridized carbons (Fsp3) is 0.758. The lowest BCUT2D eigenvalue weighted by molar-refractivity contribution is -0.144. The second-order valence-electron chi connectivity index (χ2n) is 13.9. The molecule has 9 atom stereocenters. The maximum atomic E-state index is 10.9. The quantitative estimate of drug-likeness (QED) is 0.367. The molecule has 0 spiro atoms. The Morgan fingerprint density at radius 3 is 2.68 bits per heavy atom. The normalized spacial score (nSPS) is 39.3. The van der Waals surface area contributed by atoms with Crippen LogP contribution >= 0.6 is 11.3 Å². The first-order valence-electron chi connectivity index (χ1n) is 15.5. The molecule has 0 aliphatic heterocycles. The van der Waals surface area contributed by atoms with Gasteiger partial charge < -0.3 is 9.84 Å². The van der Waals surface area contributed by atoms with Crippen LogP contribution in [0.5, 0.6) is 0 Å². The number of nitrogens with zero attached hydrogens (tertiary/aromatic N) is 1. The van der Waals surface area contributed by atoms with Crippen molar-refractivity contribution in [2.75, 3.05) is 6.61 Å². The summed E-state index contributed by atoms with van der Waals surface area (Å²) in [6.45, 7) is 8.22. The van der Waals surface area contributed by atoms with Gasteiger partial charge in [-0.3, -0.25) is 4.79 Å². The van der Waals surface area contributed by atoms with Crippen molar-refractivity contribution in [2.24, 2.45) is 46.3 Å². The lowest BCUT2D eigenvalue weighted by Crippen LogP contribution is -2.54. The minimum Gasteiger partial charge on any atom is -0.481 e. The molecule has 4 aliphatic carbocycles. The highest BCUT2D eigenvalue weighted by Crippen LogP contribution is 2.68. The van der Waals surface area contributed by atoms with E-state index in [1.54, 1.807) is 0 Å². The number of carboxylic acids is 1. The van der Waals surface area contributed by atoms with Gasteiger partial charge in [0, 0.05) is 0 Å². The molecule has 1 aromatic heterocycles. The summed E-state index contributed by atoms with van der Waals surface area (Å²) in [5.74, 6) is 4.29. The van der Waals surface area contributed by atoms with Crippen LogP contribution in [-0.4, -0.2) is 28.8 Å². The predicted octanol–water partition coefficient (Wildman–Crippen LogP) is 8.38. The summed E-state index contributed by atoms with van der Waals surface area (Å²) in [6, 6.07) is 8.57. The van der Waals surface area contributed by atoms with Crippen molar-refractivity contribution in [3.63, 3.8) is 0 Å². The van der Waals surface area contributed by atoms with Crippen LogP contribution in [0.4, 0.5) is 0 Å². The predicted molar refractivity (Wildman–Crippen MR) is 154 cm³/mol. The van der Waals surface area contributed by atoms with Crippen LogP contribution in [0, 0.1) is 46.3 Å². The third kappa shape index (κ3) is 4.74. The first-order chi connectivity index (χ1) is 18.3. The maximum Gasteiger partial charge on any atom is 0.305 e. The first-order valence-corrected chi connectivity index (χ1v) is 16.3. The number of carbonyl (C=O) groups is 1. The van der Waals surface area contributed by atoms with Gasteiger partial charge in [-0.1, -0.05) is 32.9 Å². The number of carboxylic acid groups (broad SMARTS) is 1. The van der Waals surface area contributed by atoms with E-state index in [1.807, 2.05) is 11.3 Å². The van der Waals surface area contributed by atoms with E-state index in [2.05, 4.69) is 45.0 Å². The number of benzene rings is 1. The Hall–Kier alpha value is -1.46. The Kier molecular flexibility index (Phi) is 7.39. The lowest BCUT2D eigenvalue weighted by atomic mass is 9.44. The van der Waals surface area contributed by atoms with Crippen LogP contribution in [0.3, 0.4) is 0 Å². The van der Waals surface area contributed by atoms with Crippen molar-refractivity contribution in [1.82, 2.24) is 4.98 Å². The fourth-order valence-electron chi connectivity index (χ4n) is 10.2. The molecule has 1 heterocycles. The summed E-state index contributed by atoms with van der Waals surface area (Å²) in [7, 11) is 0. The third-order valence-corrected chi connectivity index (χ3v) is 13.3. The number of ether oxygens (including phenoxy) is 1. The largest absolute Gasteiger partial charge is 0.481 e. The molecule has 4 aliphatic rings. The second-order valence-corrected chi connectivity index (χ2v) is 15.0. The number of thiazole rings is 1. The number of hydrogen-bond acceptors (Lipinski definition) is 4. The molecule has 4 nitrogen and oxygen atoms in total. The van der Waals surface area contributed by atoms with Crippen LogP contribution < -0.4 is 0 Å². The van der Waals surface area contributed by atoms with E-state index in [4.69, 9.17) is 14.8 Å². The zero-order valence-corrected chi connectivity index (χ0v) is 24.5. The molecule has 5 heteroatoms. The van der Waals surface area contributed by atoms with Gasteiger partial charge in [-0.25, -0.2) is 4.98 Å². The van der Waals surface area contributed by atoms with E-state index in [0.29, 0.717) is 17.4 Å². The Morgan fingerprint density at radius 2 is 1.87 bits per heavy atom. The number of rotatable bonds is 8. The summed E-state index contributed by atoms with van der Waals surface area (Å²) in [5.41, 5.74) is 2.12. The molecule has 0 radical (unpaired) electrons. The van der Waals surface area contributed by atoms with Gasteiger partial charge in [-0.2, -0.15) is 0 Å².